The van der Waals surface area contributed by atoms with E-state index in [1.165, 1.54) is 0 Å². The summed E-state index contributed by atoms with van der Waals surface area (Å²) in [4.78, 5) is 4.05. The molecular weight excluding hydrogens is 312 g/mol. The van der Waals surface area contributed by atoms with E-state index in [2.05, 4.69) is 41.6 Å². The number of imidazole rings is 1. The highest BCUT2D eigenvalue weighted by Gasteiger charge is 2.12. The van der Waals surface area contributed by atoms with Gasteiger partial charge < -0.3 is 14.4 Å². The molecule has 0 aliphatic heterocycles. The molecule has 1 aromatic heterocycles. The first-order chi connectivity index (χ1) is 12.1. The van der Waals surface area contributed by atoms with Gasteiger partial charge in [0.2, 0.25) is 0 Å². The smallest absolute Gasteiger partial charge is 0.130 e. The topological polar surface area (TPSA) is 47.3 Å². The van der Waals surface area contributed by atoms with Gasteiger partial charge in [-0.3, -0.25) is 0 Å². The second-order valence-corrected chi connectivity index (χ2v) is 6.85. The monoisotopic (exact) mass is 338 g/mol. The van der Waals surface area contributed by atoms with Gasteiger partial charge in [-0.25, -0.2) is 4.98 Å². The number of nitrogens with zero attached hydrogens (tertiary/aromatic N) is 2. The van der Waals surface area contributed by atoms with Crippen molar-refractivity contribution in [3.8, 4) is 11.5 Å². The van der Waals surface area contributed by atoms with Crippen LogP contribution in [0.1, 0.15) is 43.7 Å². The molecule has 132 valence electrons. The molecule has 0 radical (unpaired) electrons. The van der Waals surface area contributed by atoms with Gasteiger partial charge in [0.1, 0.15) is 11.5 Å². The Bertz CT molecular complexity index is 839. The average Bonchev–Trinajstić information content (AvgIpc) is 3.09. The van der Waals surface area contributed by atoms with Gasteiger partial charge in [-0.15, -0.1) is 0 Å². The van der Waals surface area contributed by atoms with E-state index in [1.54, 1.807) is 6.20 Å². The number of ether oxygens (including phenoxy) is 1. The number of phenolic OH excluding ortho intramolecular Hbond substituents is 1. The van der Waals surface area contributed by atoms with E-state index in [4.69, 9.17) is 4.74 Å². The first kappa shape index (κ1) is 17.3. The summed E-state index contributed by atoms with van der Waals surface area (Å²) in [5.41, 5.74) is 2.07. The van der Waals surface area contributed by atoms with Gasteiger partial charge in [-0.2, -0.15) is 0 Å². The third kappa shape index (κ3) is 3.95. The zero-order valence-corrected chi connectivity index (χ0v) is 15.2. The lowest BCUT2D eigenvalue weighted by atomic mass is 9.96. The number of aromatic nitrogens is 2. The quantitative estimate of drug-likeness (QED) is 0.614. The average molecular weight is 338 g/mol. The molecule has 0 atom stereocenters. The van der Waals surface area contributed by atoms with Crippen molar-refractivity contribution in [2.45, 2.75) is 46.1 Å². The standard InChI is InChI=1S/C21H26N2O2/c1-15(2)18-12-17-7-6-16(3)21(19(17)13-20(18)24)25-11-5-4-9-23-10-8-22-14-23/h6-8,10,12-15,24H,4-5,9,11H2,1-3H3. The number of unbranched alkanes of at least 4 members (excludes halogenated alkanes) is 1. The van der Waals surface area contributed by atoms with Gasteiger partial charge in [-0.05, 0) is 54.3 Å². The van der Waals surface area contributed by atoms with Gasteiger partial charge in [-0.1, -0.05) is 26.0 Å². The van der Waals surface area contributed by atoms with Gasteiger partial charge >= 0.3 is 0 Å². The van der Waals surface area contributed by atoms with Gasteiger partial charge in [0.25, 0.3) is 0 Å². The van der Waals surface area contributed by atoms with Crippen LogP contribution in [-0.4, -0.2) is 21.3 Å². The zero-order chi connectivity index (χ0) is 17.8. The van der Waals surface area contributed by atoms with Crippen molar-refractivity contribution in [3.63, 3.8) is 0 Å². The Balaban J connectivity index is 1.71. The van der Waals surface area contributed by atoms with Crippen LogP contribution in [0.3, 0.4) is 0 Å². The Morgan fingerprint density at radius 1 is 1.20 bits per heavy atom. The number of aromatic hydroxyl groups is 1. The molecule has 0 aliphatic carbocycles. The molecule has 0 unspecified atom stereocenters. The summed E-state index contributed by atoms with van der Waals surface area (Å²) in [6.07, 6.45) is 7.64. The molecule has 3 rings (SSSR count). The van der Waals surface area contributed by atoms with E-state index < -0.39 is 0 Å². The molecule has 0 spiro atoms. The van der Waals surface area contributed by atoms with Crippen molar-refractivity contribution in [1.29, 1.82) is 0 Å². The second kappa shape index (κ2) is 7.60. The highest BCUT2D eigenvalue weighted by molar-refractivity contribution is 5.91. The largest absolute Gasteiger partial charge is 0.508 e. The number of aryl methyl sites for hydroxylation is 2. The molecule has 0 aliphatic rings. The molecule has 0 amide bonds. The van der Waals surface area contributed by atoms with Gasteiger partial charge in [0, 0.05) is 24.3 Å². The molecule has 0 saturated heterocycles. The summed E-state index contributed by atoms with van der Waals surface area (Å²) < 4.78 is 8.17. The Hall–Kier alpha value is -2.49. The zero-order valence-electron chi connectivity index (χ0n) is 15.2. The van der Waals surface area contributed by atoms with Crippen LogP contribution in [0, 0.1) is 6.92 Å². The highest BCUT2D eigenvalue weighted by atomic mass is 16.5. The summed E-state index contributed by atoms with van der Waals surface area (Å²) >= 11 is 0. The van der Waals surface area contributed by atoms with E-state index in [9.17, 15) is 5.11 Å². The minimum atomic E-state index is 0.290. The first-order valence-corrected chi connectivity index (χ1v) is 8.91. The lowest BCUT2D eigenvalue weighted by molar-refractivity contribution is 0.304. The number of phenols is 1. The predicted octanol–water partition coefficient (Wildman–Crippen LogP) is 5.03. The molecule has 4 nitrogen and oxygen atoms in total. The fraction of sp³-hybridized carbons (Fsp3) is 0.381. The van der Waals surface area contributed by atoms with E-state index >= 15 is 0 Å². The maximum atomic E-state index is 10.3. The lowest BCUT2D eigenvalue weighted by Gasteiger charge is -2.15. The molecule has 3 aromatic rings. The fourth-order valence-corrected chi connectivity index (χ4v) is 3.10. The third-order valence-corrected chi connectivity index (χ3v) is 4.55. The predicted molar refractivity (Wildman–Crippen MR) is 101 cm³/mol. The molecule has 0 saturated carbocycles. The summed E-state index contributed by atoms with van der Waals surface area (Å²) in [6.45, 7) is 7.85. The van der Waals surface area contributed by atoms with Crippen LogP contribution in [0.15, 0.2) is 43.0 Å². The molecule has 4 heteroatoms. The minimum absolute atomic E-state index is 0.290. The SMILES string of the molecule is Cc1ccc2cc(C(C)C)c(O)cc2c1OCCCCn1ccnc1. The van der Waals surface area contributed by atoms with E-state index in [1.807, 2.05) is 25.5 Å². The maximum Gasteiger partial charge on any atom is 0.130 e. The van der Waals surface area contributed by atoms with Crippen molar-refractivity contribution in [2.24, 2.45) is 0 Å². The van der Waals surface area contributed by atoms with Crippen molar-refractivity contribution in [2.75, 3.05) is 6.61 Å². The van der Waals surface area contributed by atoms with Gasteiger partial charge in [0.05, 0.1) is 12.9 Å². The first-order valence-electron chi connectivity index (χ1n) is 8.91. The lowest BCUT2D eigenvalue weighted by Crippen LogP contribution is -2.02. The van der Waals surface area contributed by atoms with Crippen molar-refractivity contribution < 1.29 is 9.84 Å². The molecule has 25 heavy (non-hydrogen) atoms. The summed E-state index contributed by atoms with van der Waals surface area (Å²) in [5, 5.41) is 12.4. The summed E-state index contributed by atoms with van der Waals surface area (Å²) in [5.74, 6) is 1.52. The summed E-state index contributed by atoms with van der Waals surface area (Å²) in [6, 6.07) is 8.10. The van der Waals surface area contributed by atoms with Crippen molar-refractivity contribution in [1.82, 2.24) is 9.55 Å². The van der Waals surface area contributed by atoms with Crippen molar-refractivity contribution in [3.05, 3.63) is 54.1 Å². The van der Waals surface area contributed by atoms with Crippen LogP contribution >= 0.6 is 0 Å². The Morgan fingerprint density at radius 2 is 2.04 bits per heavy atom. The van der Waals surface area contributed by atoms with Gasteiger partial charge in [0.15, 0.2) is 0 Å². The van der Waals surface area contributed by atoms with Crippen LogP contribution in [-0.2, 0) is 6.54 Å². The second-order valence-electron chi connectivity index (χ2n) is 6.85. The molecule has 0 bridgehead atoms. The maximum absolute atomic E-state index is 10.3. The number of rotatable bonds is 7. The van der Waals surface area contributed by atoms with Crippen LogP contribution in [0.4, 0.5) is 0 Å². The van der Waals surface area contributed by atoms with Crippen LogP contribution in [0.25, 0.3) is 10.8 Å². The van der Waals surface area contributed by atoms with Crippen molar-refractivity contribution >= 4 is 10.8 Å². The number of hydrogen-bond donors (Lipinski definition) is 1. The Labute approximate surface area is 149 Å². The normalized spacial score (nSPS) is 11.4. The minimum Gasteiger partial charge on any atom is -0.508 e. The highest BCUT2D eigenvalue weighted by Crippen LogP contribution is 2.36. The molecule has 1 N–H and O–H groups in total. The summed E-state index contributed by atoms with van der Waals surface area (Å²) in [7, 11) is 0. The molecule has 2 aromatic carbocycles. The number of hydrogen-bond acceptors (Lipinski definition) is 3. The molecular formula is C21H26N2O2. The Kier molecular flexibility index (Phi) is 5.27. The van der Waals surface area contributed by atoms with E-state index in [0.717, 1.165) is 47.0 Å². The van der Waals surface area contributed by atoms with E-state index in [-0.39, 0.29) is 0 Å². The van der Waals surface area contributed by atoms with Crippen LogP contribution in [0.5, 0.6) is 11.5 Å². The third-order valence-electron chi connectivity index (χ3n) is 4.55. The number of benzene rings is 2. The molecule has 0 fully saturated rings. The van der Waals surface area contributed by atoms with E-state index in [0.29, 0.717) is 18.3 Å². The molecule has 1 heterocycles. The number of fused-ring (bicyclic) bond motifs is 1. The van der Waals surface area contributed by atoms with Crippen LogP contribution in [0.2, 0.25) is 0 Å². The Morgan fingerprint density at radius 3 is 2.76 bits per heavy atom. The van der Waals surface area contributed by atoms with Crippen LogP contribution < -0.4 is 4.74 Å². The fourth-order valence-electron chi connectivity index (χ4n) is 3.10.